The smallest absolute Gasteiger partial charge is 0.768 e. The van der Waals surface area contributed by atoms with Gasteiger partial charge in [0.25, 0.3) is 0 Å². The first kappa shape index (κ1) is 15.1. The summed E-state index contributed by atoms with van der Waals surface area (Å²) in [5.74, 6) is -0.421. The van der Waals surface area contributed by atoms with E-state index in [9.17, 15) is 13.2 Å². The Hall–Kier alpha value is 0.0600. The maximum atomic E-state index is 12.7. The summed E-state index contributed by atoms with van der Waals surface area (Å²) in [6.45, 7) is 3.53. The molecular weight excluding hydrogens is 230 g/mol. The second kappa shape index (κ2) is 6.60. The van der Waals surface area contributed by atoms with Crippen LogP contribution in [0.1, 0.15) is 13.8 Å². The summed E-state index contributed by atoms with van der Waals surface area (Å²) in [6.07, 6.45) is -0.150. The number of benzene rings is 1. The zero-order chi connectivity index (χ0) is 10.7. The Kier molecular flexibility index (Phi) is 6.63. The Morgan fingerprint density at radius 1 is 1.47 bits per heavy atom. The van der Waals surface area contributed by atoms with E-state index in [0.717, 1.165) is 12.1 Å². The van der Waals surface area contributed by atoms with Crippen molar-refractivity contribution in [2.45, 2.75) is 24.8 Å². The molecule has 1 rings (SSSR count). The minimum atomic E-state index is -2.48. The van der Waals surface area contributed by atoms with E-state index in [1.807, 2.05) is 0 Å². The summed E-state index contributed by atoms with van der Waals surface area (Å²) < 4.78 is 39.3. The third kappa shape index (κ3) is 4.61. The topological polar surface area (TPSA) is 49.4 Å². The maximum absolute atomic E-state index is 12.7. The quantitative estimate of drug-likeness (QED) is 0.495. The van der Waals surface area contributed by atoms with Crippen LogP contribution in [-0.4, -0.2) is 14.9 Å². The van der Waals surface area contributed by atoms with Gasteiger partial charge in [0.1, 0.15) is 11.6 Å². The van der Waals surface area contributed by atoms with Crippen LogP contribution in [0.25, 0.3) is 0 Å². The van der Waals surface area contributed by atoms with Crippen molar-refractivity contribution in [3.8, 4) is 5.75 Å². The summed E-state index contributed by atoms with van der Waals surface area (Å²) in [4.78, 5) is -0.154. The van der Waals surface area contributed by atoms with Gasteiger partial charge >= 0.3 is 29.6 Å². The van der Waals surface area contributed by atoms with E-state index in [4.69, 9.17) is 4.74 Å². The van der Waals surface area contributed by atoms with Crippen LogP contribution in [0.5, 0.6) is 5.75 Å². The molecule has 0 N–H and O–H groups in total. The van der Waals surface area contributed by atoms with Crippen molar-refractivity contribution in [1.82, 2.24) is 0 Å². The van der Waals surface area contributed by atoms with E-state index < -0.39 is 16.9 Å². The summed E-state index contributed by atoms with van der Waals surface area (Å²) in [7, 11) is 0. The standard InChI is InChI=1S/C9H11FO3S.Na/c1-6(2)13-8-4-3-7(10)5-9(8)14(11)12;/h3-6H,1-2H3,(H,11,12);/q;+1/p-1. The summed E-state index contributed by atoms with van der Waals surface area (Å²) in [5.41, 5.74) is 0. The van der Waals surface area contributed by atoms with Crippen molar-refractivity contribution in [3.63, 3.8) is 0 Å². The van der Waals surface area contributed by atoms with Gasteiger partial charge in [-0.3, -0.25) is 4.21 Å². The van der Waals surface area contributed by atoms with Crippen molar-refractivity contribution >= 4 is 11.1 Å². The molecular formula is C9H10FNaO3S. The van der Waals surface area contributed by atoms with Gasteiger partial charge in [-0.15, -0.1) is 0 Å². The molecule has 0 saturated heterocycles. The minimum Gasteiger partial charge on any atom is -0.768 e. The van der Waals surface area contributed by atoms with Crippen LogP contribution in [0.3, 0.4) is 0 Å². The average Bonchev–Trinajstić information content (AvgIpc) is 2.07. The molecule has 1 unspecified atom stereocenters. The van der Waals surface area contributed by atoms with Gasteiger partial charge in [0.15, 0.2) is 0 Å². The number of ether oxygens (including phenoxy) is 1. The van der Waals surface area contributed by atoms with Crippen molar-refractivity contribution in [1.29, 1.82) is 0 Å². The Labute approximate surface area is 113 Å². The molecule has 0 aliphatic carbocycles. The fraction of sp³-hybridized carbons (Fsp3) is 0.333. The predicted octanol–water partition coefficient (Wildman–Crippen LogP) is -1.15. The van der Waals surface area contributed by atoms with Crippen molar-refractivity contribution in [2.75, 3.05) is 0 Å². The van der Waals surface area contributed by atoms with E-state index in [0.29, 0.717) is 0 Å². The first-order valence-corrected chi connectivity index (χ1v) is 5.13. The Bertz CT molecular complexity index is 357. The van der Waals surface area contributed by atoms with Gasteiger partial charge in [0, 0.05) is 0 Å². The van der Waals surface area contributed by atoms with Crippen molar-refractivity contribution in [2.24, 2.45) is 0 Å². The molecule has 78 valence electrons. The molecule has 0 fully saturated rings. The molecule has 1 aromatic carbocycles. The van der Waals surface area contributed by atoms with Crippen LogP contribution in [0.2, 0.25) is 0 Å². The number of rotatable bonds is 3. The van der Waals surface area contributed by atoms with Crippen molar-refractivity contribution in [3.05, 3.63) is 24.0 Å². The van der Waals surface area contributed by atoms with Crippen LogP contribution in [0.4, 0.5) is 4.39 Å². The molecule has 0 aliphatic rings. The van der Waals surface area contributed by atoms with Gasteiger partial charge in [0.2, 0.25) is 0 Å². The fourth-order valence-electron chi connectivity index (χ4n) is 0.963. The van der Waals surface area contributed by atoms with E-state index >= 15 is 0 Å². The first-order valence-electron chi connectivity index (χ1n) is 4.06. The fourth-order valence-corrected chi connectivity index (χ4v) is 1.45. The number of hydrogen-bond acceptors (Lipinski definition) is 3. The SMILES string of the molecule is CC(C)Oc1ccc(F)cc1S(=O)[O-].[Na+]. The molecule has 1 aromatic rings. The van der Waals surface area contributed by atoms with Gasteiger partial charge in [-0.05, 0) is 43.1 Å². The molecule has 3 nitrogen and oxygen atoms in total. The third-order valence-corrected chi connectivity index (χ3v) is 2.13. The molecule has 0 bridgehead atoms. The molecule has 15 heavy (non-hydrogen) atoms. The van der Waals surface area contributed by atoms with Gasteiger partial charge in [0.05, 0.1) is 11.0 Å². The first-order chi connectivity index (χ1) is 6.50. The number of halogens is 1. The average molecular weight is 240 g/mol. The zero-order valence-corrected chi connectivity index (χ0v) is 11.6. The molecule has 0 heterocycles. The number of hydrogen-bond donors (Lipinski definition) is 0. The van der Waals surface area contributed by atoms with Gasteiger partial charge in [-0.1, -0.05) is 0 Å². The van der Waals surface area contributed by atoms with Crippen LogP contribution in [0.15, 0.2) is 23.1 Å². The van der Waals surface area contributed by atoms with E-state index in [1.54, 1.807) is 13.8 Å². The monoisotopic (exact) mass is 240 g/mol. The largest absolute Gasteiger partial charge is 1.00 e. The molecule has 0 saturated carbocycles. The van der Waals surface area contributed by atoms with Crippen molar-refractivity contribution < 1.29 is 47.4 Å². The van der Waals surface area contributed by atoms with E-state index in [1.165, 1.54) is 6.07 Å². The predicted molar refractivity (Wildman–Crippen MR) is 49.3 cm³/mol. The molecule has 0 spiro atoms. The second-order valence-electron chi connectivity index (χ2n) is 2.99. The normalized spacial score (nSPS) is 12.1. The van der Waals surface area contributed by atoms with E-state index in [2.05, 4.69) is 0 Å². The van der Waals surface area contributed by atoms with Crippen LogP contribution in [0, 0.1) is 5.82 Å². The molecule has 0 aromatic heterocycles. The van der Waals surface area contributed by atoms with Crippen LogP contribution < -0.4 is 34.3 Å². The summed E-state index contributed by atoms with van der Waals surface area (Å²) in [6, 6.07) is 3.40. The zero-order valence-electron chi connectivity index (χ0n) is 8.82. The third-order valence-electron chi connectivity index (χ3n) is 1.45. The summed E-state index contributed by atoms with van der Waals surface area (Å²) >= 11 is -2.48. The van der Waals surface area contributed by atoms with E-state index in [-0.39, 0.29) is 46.3 Å². The van der Waals surface area contributed by atoms with Gasteiger partial charge in [-0.2, -0.15) is 0 Å². The van der Waals surface area contributed by atoms with Gasteiger partial charge in [-0.25, -0.2) is 4.39 Å². The maximum Gasteiger partial charge on any atom is 1.00 e. The molecule has 0 radical (unpaired) electrons. The van der Waals surface area contributed by atoms with Crippen LogP contribution >= 0.6 is 0 Å². The Balaban J connectivity index is 0.00000196. The Morgan fingerprint density at radius 3 is 2.53 bits per heavy atom. The molecule has 0 amide bonds. The van der Waals surface area contributed by atoms with Gasteiger partial charge < -0.3 is 9.29 Å². The summed E-state index contributed by atoms with van der Waals surface area (Å²) in [5, 5.41) is 0. The molecule has 0 aliphatic heterocycles. The second-order valence-corrected chi connectivity index (χ2v) is 3.90. The Morgan fingerprint density at radius 2 is 2.07 bits per heavy atom. The van der Waals surface area contributed by atoms with Crippen LogP contribution in [-0.2, 0) is 11.1 Å². The molecule has 1 atom stereocenters. The minimum absolute atomic E-state index is 0. The molecule has 6 heteroatoms.